The predicted molar refractivity (Wildman–Crippen MR) is 96.6 cm³/mol. The van der Waals surface area contributed by atoms with Gasteiger partial charge in [0, 0.05) is 30.8 Å². The predicted octanol–water partition coefficient (Wildman–Crippen LogP) is 2.63. The van der Waals surface area contributed by atoms with Gasteiger partial charge in [0.2, 0.25) is 0 Å². The van der Waals surface area contributed by atoms with Crippen LogP contribution in [0.4, 0.5) is 5.69 Å². The average Bonchev–Trinajstić information content (AvgIpc) is 2.62. The lowest BCUT2D eigenvalue weighted by Crippen LogP contribution is -2.47. The number of ether oxygens (including phenoxy) is 1. The third-order valence-corrected chi connectivity index (χ3v) is 5.40. The Morgan fingerprint density at radius 1 is 1.24 bits per heavy atom. The molecule has 0 bridgehead atoms. The molecule has 1 aromatic rings. The van der Waals surface area contributed by atoms with Gasteiger partial charge in [-0.1, -0.05) is 0 Å². The van der Waals surface area contributed by atoms with Crippen LogP contribution in [0.1, 0.15) is 36.0 Å². The van der Waals surface area contributed by atoms with Crippen LogP contribution < -0.4 is 10.1 Å². The number of nitro groups is 1. The van der Waals surface area contributed by atoms with Crippen LogP contribution in [0.25, 0.3) is 0 Å². The second-order valence-corrected chi connectivity index (χ2v) is 6.69. The van der Waals surface area contributed by atoms with Crippen molar-refractivity contribution >= 4 is 24.0 Å². The van der Waals surface area contributed by atoms with Gasteiger partial charge in [-0.3, -0.25) is 14.9 Å². The minimum absolute atomic E-state index is 0. The maximum Gasteiger partial charge on any atom is 0.310 e. The van der Waals surface area contributed by atoms with Crippen molar-refractivity contribution in [3.05, 3.63) is 33.9 Å². The lowest BCUT2D eigenvalue weighted by atomic mass is 9.71. The molecule has 2 aliphatic heterocycles. The Kier molecular flexibility index (Phi) is 6.24. The zero-order valence-corrected chi connectivity index (χ0v) is 15.1. The van der Waals surface area contributed by atoms with Gasteiger partial charge in [-0.15, -0.1) is 12.4 Å². The molecule has 1 spiro atoms. The summed E-state index contributed by atoms with van der Waals surface area (Å²) in [6.07, 6.45) is 4.43. The Balaban J connectivity index is 0.00000225. The van der Waals surface area contributed by atoms with Crippen molar-refractivity contribution in [1.29, 1.82) is 0 Å². The molecule has 2 fully saturated rings. The molecule has 0 aliphatic carbocycles. The van der Waals surface area contributed by atoms with Crippen molar-refractivity contribution in [3.8, 4) is 5.75 Å². The van der Waals surface area contributed by atoms with Gasteiger partial charge < -0.3 is 15.0 Å². The summed E-state index contributed by atoms with van der Waals surface area (Å²) in [7, 11) is 1.37. The number of benzene rings is 1. The van der Waals surface area contributed by atoms with Crippen molar-refractivity contribution in [1.82, 2.24) is 10.2 Å². The molecule has 0 atom stereocenters. The molecular weight excluding hydrogens is 346 g/mol. The summed E-state index contributed by atoms with van der Waals surface area (Å²) in [5.74, 6) is 0.0460. The van der Waals surface area contributed by atoms with E-state index < -0.39 is 4.92 Å². The highest BCUT2D eigenvalue weighted by Gasteiger charge is 2.37. The molecule has 2 saturated heterocycles. The summed E-state index contributed by atoms with van der Waals surface area (Å²) < 4.78 is 5.06. The number of hydrogen-bond donors (Lipinski definition) is 1. The number of halogens is 1. The van der Waals surface area contributed by atoms with Gasteiger partial charge >= 0.3 is 5.69 Å². The fourth-order valence-corrected chi connectivity index (χ4v) is 3.79. The number of amides is 1. The Hall–Kier alpha value is -1.86. The van der Waals surface area contributed by atoms with Crippen LogP contribution in [0.15, 0.2) is 18.2 Å². The highest BCUT2D eigenvalue weighted by atomic mass is 35.5. The van der Waals surface area contributed by atoms with E-state index in [0.717, 1.165) is 39.0 Å². The van der Waals surface area contributed by atoms with Crippen LogP contribution in [0.2, 0.25) is 0 Å². The van der Waals surface area contributed by atoms with Gasteiger partial charge in [-0.2, -0.15) is 0 Å². The fourth-order valence-electron chi connectivity index (χ4n) is 3.79. The topological polar surface area (TPSA) is 84.7 Å². The third kappa shape index (κ3) is 4.04. The number of hydrogen-bond acceptors (Lipinski definition) is 5. The van der Waals surface area contributed by atoms with E-state index in [0.29, 0.717) is 11.0 Å². The van der Waals surface area contributed by atoms with Crippen LogP contribution in [0.5, 0.6) is 5.75 Å². The highest BCUT2D eigenvalue weighted by Crippen LogP contribution is 2.40. The maximum atomic E-state index is 12.7. The van der Waals surface area contributed by atoms with Gasteiger partial charge in [0.1, 0.15) is 0 Å². The highest BCUT2D eigenvalue weighted by molar-refractivity contribution is 5.95. The second kappa shape index (κ2) is 8.01. The van der Waals surface area contributed by atoms with E-state index in [9.17, 15) is 14.9 Å². The minimum atomic E-state index is -0.505. The minimum Gasteiger partial charge on any atom is -0.490 e. The molecule has 3 rings (SSSR count). The van der Waals surface area contributed by atoms with E-state index >= 15 is 0 Å². The molecule has 0 radical (unpaired) electrons. The number of nitrogens with one attached hydrogen (secondary N) is 1. The Labute approximate surface area is 153 Å². The zero-order chi connectivity index (χ0) is 17.2. The standard InChI is InChI=1S/C17H23N3O4.ClH/c1-24-15-12-13(2-3-14(15)20(22)23)16(21)19-10-6-17(7-11-19)4-8-18-9-5-17;/h2-3,12,18H,4-11H2,1H3;1H. The summed E-state index contributed by atoms with van der Waals surface area (Å²) in [6.45, 7) is 3.62. The Morgan fingerprint density at radius 3 is 2.44 bits per heavy atom. The van der Waals surface area contributed by atoms with E-state index in [1.807, 2.05) is 4.90 Å². The first kappa shape index (κ1) is 19.5. The van der Waals surface area contributed by atoms with E-state index in [1.165, 1.54) is 38.2 Å². The molecule has 7 nitrogen and oxygen atoms in total. The number of carbonyl (C=O) groups excluding carboxylic acids is 1. The van der Waals surface area contributed by atoms with Crippen LogP contribution in [0, 0.1) is 15.5 Å². The van der Waals surface area contributed by atoms with Gasteiger partial charge in [0.15, 0.2) is 5.75 Å². The summed E-state index contributed by atoms with van der Waals surface area (Å²) in [4.78, 5) is 25.0. The molecule has 25 heavy (non-hydrogen) atoms. The van der Waals surface area contributed by atoms with Crippen molar-refractivity contribution in [2.75, 3.05) is 33.3 Å². The SMILES string of the molecule is COc1cc(C(=O)N2CCC3(CCNCC3)CC2)ccc1[N+](=O)[O-].Cl. The summed E-state index contributed by atoms with van der Waals surface area (Å²) >= 11 is 0. The molecule has 2 heterocycles. The number of rotatable bonds is 3. The molecule has 1 amide bonds. The maximum absolute atomic E-state index is 12.7. The molecule has 0 saturated carbocycles. The lowest BCUT2D eigenvalue weighted by Gasteiger charge is -2.44. The zero-order valence-electron chi connectivity index (χ0n) is 14.3. The first-order valence-electron chi connectivity index (χ1n) is 8.37. The van der Waals surface area contributed by atoms with E-state index in [-0.39, 0.29) is 29.8 Å². The average molecular weight is 370 g/mol. The summed E-state index contributed by atoms with van der Waals surface area (Å²) in [6, 6.07) is 4.32. The molecule has 8 heteroatoms. The number of nitrogens with zero attached hydrogens (tertiary/aromatic N) is 2. The second-order valence-electron chi connectivity index (χ2n) is 6.69. The number of piperidine rings is 2. The largest absolute Gasteiger partial charge is 0.490 e. The number of methoxy groups -OCH3 is 1. The molecule has 1 aromatic carbocycles. The normalized spacial score (nSPS) is 19.2. The van der Waals surface area contributed by atoms with Gasteiger partial charge in [0.25, 0.3) is 5.91 Å². The quantitative estimate of drug-likeness (QED) is 0.654. The van der Waals surface area contributed by atoms with Gasteiger partial charge in [-0.25, -0.2) is 0 Å². The van der Waals surface area contributed by atoms with Crippen LogP contribution in [0.3, 0.4) is 0 Å². The smallest absolute Gasteiger partial charge is 0.310 e. The first-order chi connectivity index (χ1) is 11.5. The summed E-state index contributed by atoms with van der Waals surface area (Å²) in [5.41, 5.74) is 0.704. The molecule has 138 valence electrons. The molecule has 1 N–H and O–H groups in total. The lowest BCUT2D eigenvalue weighted by molar-refractivity contribution is -0.385. The number of likely N-dealkylation sites (tertiary alicyclic amines) is 1. The molecule has 0 unspecified atom stereocenters. The molecule has 2 aliphatic rings. The number of nitro benzene ring substituents is 1. The van der Waals surface area contributed by atoms with Crippen LogP contribution in [-0.2, 0) is 0 Å². The first-order valence-corrected chi connectivity index (χ1v) is 8.37. The van der Waals surface area contributed by atoms with E-state index in [4.69, 9.17) is 4.74 Å². The van der Waals surface area contributed by atoms with Crippen molar-refractivity contribution in [3.63, 3.8) is 0 Å². The molecule has 0 aromatic heterocycles. The van der Waals surface area contributed by atoms with Gasteiger partial charge in [-0.05, 0) is 50.3 Å². The van der Waals surface area contributed by atoms with E-state index in [1.54, 1.807) is 0 Å². The fraction of sp³-hybridized carbons (Fsp3) is 0.588. The monoisotopic (exact) mass is 369 g/mol. The van der Waals surface area contributed by atoms with Crippen LogP contribution >= 0.6 is 12.4 Å². The third-order valence-electron chi connectivity index (χ3n) is 5.40. The molecular formula is C17H24ClN3O4. The number of carbonyl (C=O) groups is 1. The summed E-state index contributed by atoms with van der Waals surface area (Å²) in [5, 5.41) is 14.4. The van der Waals surface area contributed by atoms with Crippen molar-refractivity contribution in [2.24, 2.45) is 5.41 Å². The van der Waals surface area contributed by atoms with Crippen molar-refractivity contribution in [2.45, 2.75) is 25.7 Å². The van der Waals surface area contributed by atoms with Gasteiger partial charge in [0.05, 0.1) is 12.0 Å². The van der Waals surface area contributed by atoms with Crippen molar-refractivity contribution < 1.29 is 14.5 Å². The Bertz CT molecular complexity index is 637. The van der Waals surface area contributed by atoms with Crippen LogP contribution in [-0.4, -0.2) is 49.0 Å². The Morgan fingerprint density at radius 2 is 1.88 bits per heavy atom. The van der Waals surface area contributed by atoms with E-state index in [2.05, 4.69) is 5.32 Å².